The van der Waals surface area contributed by atoms with E-state index < -0.39 is 0 Å². The first-order valence-corrected chi connectivity index (χ1v) is 10.4. The van der Waals surface area contributed by atoms with Crippen LogP contribution in [0.3, 0.4) is 0 Å². The van der Waals surface area contributed by atoms with Crippen molar-refractivity contribution in [2.45, 2.75) is 12.8 Å². The quantitative estimate of drug-likeness (QED) is 0.781. The molecule has 4 aliphatic rings. The highest BCUT2D eigenvalue weighted by atomic mass is 35.5. The lowest BCUT2D eigenvalue weighted by atomic mass is 9.62. The molecular weight excluding hydrogens is 380 g/mol. The molecule has 1 aliphatic carbocycles. The number of ether oxygens (including phenoxy) is 1. The normalized spacial score (nSPS) is 30.6. The minimum Gasteiger partial charge on any atom is -0.449 e. The molecule has 0 spiro atoms. The molecule has 3 aliphatic heterocycles. The van der Waals surface area contributed by atoms with Gasteiger partial charge in [0.25, 0.3) is 0 Å². The second-order valence-corrected chi connectivity index (χ2v) is 8.91. The number of halogens is 1. The summed E-state index contributed by atoms with van der Waals surface area (Å²) in [6, 6.07) is 12.1. The summed E-state index contributed by atoms with van der Waals surface area (Å²) in [5.41, 5.74) is 1.95. The summed E-state index contributed by atoms with van der Waals surface area (Å²) < 4.78 is 5.67. The standard InChI is InChI=1S/C21H24N2O2S.ClH/c24-21(22-19-6-7-26-20(19)15-4-2-1-3-5-15)25-13-18-16-8-14-9-17(18)12-23(10-14)11-16;/h1-7,14,16-18H,8-13H2,(H,22,24);1H/t14?,16-,17+,18?;. The van der Waals surface area contributed by atoms with Gasteiger partial charge in [0.1, 0.15) is 0 Å². The number of benzene rings is 1. The molecule has 4 nitrogen and oxygen atoms in total. The lowest BCUT2D eigenvalue weighted by Crippen LogP contribution is -2.58. The number of hydrogen-bond acceptors (Lipinski definition) is 4. The molecule has 4 fully saturated rings. The van der Waals surface area contributed by atoms with Crippen LogP contribution >= 0.6 is 23.7 Å². The van der Waals surface area contributed by atoms with Crippen molar-refractivity contribution < 1.29 is 9.53 Å². The van der Waals surface area contributed by atoms with Gasteiger partial charge in [0.15, 0.2) is 0 Å². The Bertz CT molecular complexity index is 766. The van der Waals surface area contributed by atoms with Gasteiger partial charge in [0.2, 0.25) is 0 Å². The van der Waals surface area contributed by atoms with Crippen molar-refractivity contribution in [1.29, 1.82) is 0 Å². The molecule has 1 aromatic heterocycles. The molecule has 1 amide bonds. The molecule has 27 heavy (non-hydrogen) atoms. The van der Waals surface area contributed by atoms with E-state index in [-0.39, 0.29) is 18.5 Å². The molecule has 4 bridgehead atoms. The van der Waals surface area contributed by atoms with Crippen molar-refractivity contribution in [2.75, 3.05) is 31.6 Å². The first kappa shape index (κ1) is 18.8. The predicted molar refractivity (Wildman–Crippen MR) is 112 cm³/mol. The summed E-state index contributed by atoms with van der Waals surface area (Å²) in [5, 5.41) is 4.95. The summed E-state index contributed by atoms with van der Waals surface area (Å²) in [7, 11) is 0. The van der Waals surface area contributed by atoms with Crippen molar-refractivity contribution in [3.63, 3.8) is 0 Å². The number of carbonyl (C=O) groups excluding carboxylic acids is 1. The van der Waals surface area contributed by atoms with E-state index in [4.69, 9.17) is 4.74 Å². The van der Waals surface area contributed by atoms with Crippen LogP contribution in [0.1, 0.15) is 12.8 Å². The maximum Gasteiger partial charge on any atom is 0.411 e. The number of anilines is 1. The topological polar surface area (TPSA) is 41.6 Å². The zero-order valence-electron chi connectivity index (χ0n) is 15.2. The number of thiophene rings is 1. The van der Waals surface area contributed by atoms with E-state index in [1.165, 1.54) is 32.5 Å². The first-order valence-electron chi connectivity index (χ1n) is 9.55. The Morgan fingerprint density at radius 3 is 2.56 bits per heavy atom. The van der Waals surface area contributed by atoms with E-state index in [1.807, 2.05) is 29.6 Å². The Hall–Kier alpha value is -1.56. The minimum atomic E-state index is -0.324. The molecule has 1 N–H and O–H groups in total. The number of hydrogen-bond donors (Lipinski definition) is 1. The van der Waals surface area contributed by atoms with Gasteiger partial charge in [0.05, 0.1) is 17.2 Å². The molecular formula is C21H25ClN2O2S. The van der Waals surface area contributed by atoms with Gasteiger partial charge in [-0.25, -0.2) is 4.79 Å². The number of rotatable bonds is 4. The van der Waals surface area contributed by atoms with Gasteiger partial charge < -0.3 is 9.64 Å². The molecule has 3 unspecified atom stereocenters. The van der Waals surface area contributed by atoms with Crippen molar-refractivity contribution in [3.8, 4) is 10.4 Å². The predicted octanol–water partition coefficient (Wildman–Crippen LogP) is 4.97. The van der Waals surface area contributed by atoms with Gasteiger partial charge in [-0.2, -0.15) is 0 Å². The Balaban J connectivity index is 0.00000180. The van der Waals surface area contributed by atoms with E-state index >= 15 is 0 Å². The maximum atomic E-state index is 12.4. The molecule has 6 heteroatoms. The van der Waals surface area contributed by atoms with Crippen LogP contribution in [0.5, 0.6) is 0 Å². The number of piperidine rings is 3. The first-order chi connectivity index (χ1) is 12.8. The van der Waals surface area contributed by atoms with Crippen LogP contribution in [-0.4, -0.2) is 37.2 Å². The molecule has 1 aromatic carbocycles. The number of nitrogens with one attached hydrogen (secondary N) is 1. The number of carbonyl (C=O) groups is 1. The molecule has 144 valence electrons. The van der Waals surface area contributed by atoms with Gasteiger partial charge in [-0.15, -0.1) is 23.7 Å². The van der Waals surface area contributed by atoms with Gasteiger partial charge in [-0.3, -0.25) is 5.32 Å². The van der Waals surface area contributed by atoms with E-state index in [1.54, 1.807) is 11.3 Å². The Morgan fingerprint density at radius 1 is 1.11 bits per heavy atom. The summed E-state index contributed by atoms with van der Waals surface area (Å²) in [6.07, 6.45) is 2.33. The third kappa shape index (κ3) is 3.73. The molecule has 3 saturated heterocycles. The molecule has 2 aromatic rings. The van der Waals surface area contributed by atoms with Gasteiger partial charge >= 0.3 is 6.09 Å². The monoisotopic (exact) mass is 404 g/mol. The molecule has 0 radical (unpaired) electrons. The highest BCUT2D eigenvalue weighted by Gasteiger charge is 2.47. The molecule has 4 heterocycles. The maximum absolute atomic E-state index is 12.4. The third-order valence-corrected chi connectivity index (χ3v) is 7.29. The zero-order chi connectivity index (χ0) is 17.5. The third-order valence-electron chi connectivity index (χ3n) is 6.33. The second kappa shape index (κ2) is 7.82. The number of amides is 1. The SMILES string of the molecule is Cl.O=C(Nc1ccsc1-c1ccccc1)OCC1[C@@H]2CC3C[C@H]1CN(C3)C2. The van der Waals surface area contributed by atoms with Crippen LogP contribution in [0.2, 0.25) is 0 Å². The van der Waals surface area contributed by atoms with E-state index in [0.29, 0.717) is 12.5 Å². The lowest BCUT2D eigenvalue weighted by Gasteiger charge is -2.55. The Kier molecular flexibility index (Phi) is 5.44. The summed E-state index contributed by atoms with van der Waals surface area (Å²) >= 11 is 1.63. The zero-order valence-corrected chi connectivity index (χ0v) is 16.8. The lowest BCUT2D eigenvalue weighted by molar-refractivity contribution is -0.0807. The smallest absolute Gasteiger partial charge is 0.411 e. The van der Waals surface area contributed by atoms with Gasteiger partial charge in [0, 0.05) is 25.6 Å². The Morgan fingerprint density at radius 2 is 1.85 bits per heavy atom. The largest absolute Gasteiger partial charge is 0.449 e. The highest BCUT2D eigenvalue weighted by molar-refractivity contribution is 7.14. The van der Waals surface area contributed by atoms with E-state index in [2.05, 4.69) is 22.3 Å². The minimum absolute atomic E-state index is 0. The summed E-state index contributed by atoms with van der Waals surface area (Å²) in [5.74, 6) is 2.87. The molecule has 5 atom stereocenters. The second-order valence-electron chi connectivity index (χ2n) is 7.99. The fourth-order valence-electron chi connectivity index (χ4n) is 5.32. The average molecular weight is 405 g/mol. The van der Waals surface area contributed by atoms with Crippen LogP contribution in [0.4, 0.5) is 10.5 Å². The van der Waals surface area contributed by atoms with Crippen molar-refractivity contribution in [3.05, 3.63) is 41.8 Å². The molecule has 1 saturated carbocycles. The van der Waals surface area contributed by atoms with Crippen molar-refractivity contribution >= 4 is 35.5 Å². The summed E-state index contributed by atoms with van der Waals surface area (Å²) in [6.45, 7) is 4.25. The van der Waals surface area contributed by atoms with E-state index in [9.17, 15) is 4.79 Å². The van der Waals surface area contributed by atoms with E-state index in [0.717, 1.165) is 33.9 Å². The van der Waals surface area contributed by atoms with Crippen molar-refractivity contribution in [1.82, 2.24) is 4.90 Å². The Labute approximate surface area is 170 Å². The van der Waals surface area contributed by atoms with Crippen LogP contribution in [0.15, 0.2) is 41.8 Å². The molecule has 6 rings (SSSR count). The average Bonchev–Trinajstić information content (AvgIpc) is 3.09. The van der Waals surface area contributed by atoms with Gasteiger partial charge in [-0.1, -0.05) is 30.3 Å². The highest BCUT2D eigenvalue weighted by Crippen LogP contribution is 2.47. The fourth-order valence-corrected chi connectivity index (χ4v) is 6.18. The van der Waals surface area contributed by atoms with Crippen LogP contribution in [-0.2, 0) is 4.74 Å². The number of nitrogens with zero attached hydrogens (tertiary/aromatic N) is 1. The van der Waals surface area contributed by atoms with Gasteiger partial charge in [-0.05, 0) is 47.6 Å². The fraction of sp³-hybridized carbons (Fsp3) is 0.476. The van der Waals surface area contributed by atoms with Crippen LogP contribution < -0.4 is 5.32 Å². The summed E-state index contributed by atoms with van der Waals surface area (Å²) in [4.78, 5) is 16.1. The van der Waals surface area contributed by atoms with Crippen LogP contribution in [0.25, 0.3) is 10.4 Å². The van der Waals surface area contributed by atoms with Crippen molar-refractivity contribution in [2.24, 2.45) is 23.7 Å². The van der Waals surface area contributed by atoms with Crippen LogP contribution in [0, 0.1) is 23.7 Å².